The van der Waals surface area contributed by atoms with Crippen molar-refractivity contribution in [2.45, 2.75) is 119 Å². The van der Waals surface area contributed by atoms with Crippen molar-refractivity contribution in [1.82, 2.24) is 0 Å². The second-order valence-corrected chi connectivity index (χ2v) is 17.2. The van der Waals surface area contributed by atoms with Crippen LogP contribution in [0, 0.1) is 62.6 Å². The summed E-state index contributed by atoms with van der Waals surface area (Å²) in [7, 11) is 0. The SMILES string of the molecule is CC(C)[C@@H](C)[C@@]1(C)CC[C@]2(C)[C@H]3CC[C@@H]4[C@@]5(COC[C@]4(C)[C@@H](OCC(C)(C)N)[C@H](C)C5)C3=CC[C@@]2(C)[C@@H]1C(=O)O. The summed E-state index contributed by atoms with van der Waals surface area (Å²) in [6, 6.07) is 0. The van der Waals surface area contributed by atoms with Gasteiger partial charge in [0.1, 0.15) is 0 Å². The van der Waals surface area contributed by atoms with Crippen LogP contribution in [0.4, 0.5) is 0 Å². The lowest BCUT2D eigenvalue weighted by Crippen LogP contribution is -2.69. The summed E-state index contributed by atoms with van der Waals surface area (Å²) in [5, 5.41) is 10.9. The predicted molar refractivity (Wildman–Crippen MR) is 161 cm³/mol. The van der Waals surface area contributed by atoms with E-state index in [2.05, 4.69) is 61.5 Å². The Morgan fingerprint density at radius 1 is 1.12 bits per heavy atom. The van der Waals surface area contributed by atoms with Gasteiger partial charge in [0.2, 0.25) is 0 Å². The molecule has 11 atom stereocenters. The van der Waals surface area contributed by atoms with Crippen LogP contribution < -0.4 is 5.73 Å². The number of aliphatic carboxylic acids is 1. The van der Waals surface area contributed by atoms with E-state index >= 15 is 0 Å². The minimum absolute atomic E-state index is 0.0302. The number of rotatable bonds is 6. The van der Waals surface area contributed by atoms with Crippen LogP contribution in [0.15, 0.2) is 11.6 Å². The molecule has 5 nitrogen and oxygen atoms in total. The number of carboxylic acids is 1. The molecule has 0 spiro atoms. The molecule has 4 fully saturated rings. The lowest BCUT2D eigenvalue weighted by molar-refractivity contribution is -0.252. The van der Waals surface area contributed by atoms with E-state index < -0.39 is 5.97 Å². The maximum absolute atomic E-state index is 13.2. The minimum atomic E-state index is -0.588. The van der Waals surface area contributed by atoms with Crippen molar-refractivity contribution in [3.05, 3.63) is 11.6 Å². The van der Waals surface area contributed by atoms with Crippen molar-refractivity contribution in [2.75, 3.05) is 19.8 Å². The third-order valence-electron chi connectivity index (χ3n) is 14.0. The van der Waals surface area contributed by atoms with Crippen molar-refractivity contribution in [3.63, 3.8) is 0 Å². The number of nitrogens with two attached hydrogens (primary N) is 1. The van der Waals surface area contributed by atoms with Crippen LogP contribution in [0.1, 0.15) is 108 Å². The highest BCUT2D eigenvalue weighted by Gasteiger charge is 2.71. The second kappa shape index (κ2) is 9.55. The number of ether oxygens (including phenoxy) is 2. The second-order valence-electron chi connectivity index (χ2n) is 17.2. The molecule has 0 aromatic rings. The van der Waals surface area contributed by atoms with Gasteiger partial charge in [-0.2, -0.15) is 0 Å². The van der Waals surface area contributed by atoms with Crippen LogP contribution >= 0.6 is 0 Å². The average Bonchev–Trinajstić information content (AvgIpc) is 2.82. The molecule has 3 saturated carbocycles. The highest BCUT2D eigenvalue weighted by Crippen LogP contribution is 2.75. The van der Waals surface area contributed by atoms with Crippen molar-refractivity contribution >= 4 is 5.97 Å². The topological polar surface area (TPSA) is 81.8 Å². The maximum Gasteiger partial charge on any atom is 0.307 e. The van der Waals surface area contributed by atoms with Gasteiger partial charge in [-0.05, 0) is 98.2 Å². The third-order valence-corrected chi connectivity index (χ3v) is 14.0. The van der Waals surface area contributed by atoms with Crippen LogP contribution in [0.3, 0.4) is 0 Å². The Bertz CT molecular complexity index is 1050. The van der Waals surface area contributed by atoms with E-state index in [1.807, 2.05) is 13.8 Å². The van der Waals surface area contributed by atoms with Crippen molar-refractivity contribution in [3.8, 4) is 0 Å². The van der Waals surface area contributed by atoms with Crippen LogP contribution in [0.5, 0.6) is 0 Å². The zero-order valence-corrected chi connectivity index (χ0v) is 27.2. The van der Waals surface area contributed by atoms with Gasteiger partial charge in [0.15, 0.2) is 0 Å². The summed E-state index contributed by atoms with van der Waals surface area (Å²) < 4.78 is 13.2. The largest absolute Gasteiger partial charge is 0.481 e. The molecule has 2 bridgehead atoms. The molecule has 228 valence electrons. The summed E-state index contributed by atoms with van der Waals surface area (Å²) in [5.41, 5.74) is 7.08. The summed E-state index contributed by atoms with van der Waals surface area (Å²) in [6.07, 6.45) is 9.04. The number of carbonyl (C=O) groups is 1. The van der Waals surface area contributed by atoms with Gasteiger partial charge in [-0.1, -0.05) is 67.0 Å². The van der Waals surface area contributed by atoms with Crippen LogP contribution in [0.25, 0.3) is 0 Å². The number of fused-ring (bicyclic) bond motifs is 3. The zero-order valence-electron chi connectivity index (χ0n) is 27.2. The molecule has 0 aromatic heterocycles. The minimum Gasteiger partial charge on any atom is -0.481 e. The highest BCUT2D eigenvalue weighted by atomic mass is 16.5. The fourth-order valence-corrected chi connectivity index (χ4v) is 11.7. The first kappa shape index (κ1) is 30.5. The lowest BCUT2D eigenvalue weighted by atomic mass is 9.34. The van der Waals surface area contributed by atoms with Crippen LogP contribution in [0.2, 0.25) is 0 Å². The number of hydrogen-bond donors (Lipinski definition) is 2. The number of carboxylic acid groups (broad SMARTS) is 1. The predicted octanol–water partition coefficient (Wildman–Crippen LogP) is 7.33. The molecule has 0 unspecified atom stereocenters. The summed E-state index contributed by atoms with van der Waals surface area (Å²) in [4.78, 5) is 13.2. The first-order valence-corrected chi connectivity index (χ1v) is 16.3. The Balaban J connectivity index is 1.55. The van der Waals surface area contributed by atoms with Crippen LogP contribution in [-0.4, -0.2) is 42.5 Å². The standard InChI is InChI=1S/C35H59NO4/c1-21(2)23(4)31(7)15-16-33(9)24-11-12-26-32(8)19-39-20-35(26,17-22(3)28(32)40-18-30(5,6)36)25(24)13-14-34(33,10)27(31)29(37)38/h13,21-24,26-28H,11-12,14-20,36H2,1-10H3,(H,37,38)/t22-,23-,24+,26+,27-,28+,31-,32+,33-,34+,35+/m1/s1. The summed E-state index contributed by atoms with van der Waals surface area (Å²) >= 11 is 0. The number of allylic oxidation sites excluding steroid dienone is 1. The average molecular weight is 558 g/mol. The molecular formula is C35H59NO4. The van der Waals surface area contributed by atoms with E-state index in [-0.39, 0.29) is 44.6 Å². The van der Waals surface area contributed by atoms with Crippen molar-refractivity contribution in [1.29, 1.82) is 0 Å². The maximum atomic E-state index is 13.2. The Morgan fingerprint density at radius 2 is 1.80 bits per heavy atom. The quantitative estimate of drug-likeness (QED) is 0.334. The molecule has 1 saturated heterocycles. The van der Waals surface area contributed by atoms with E-state index in [9.17, 15) is 9.90 Å². The van der Waals surface area contributed by atoms with Gasteiger partial charge in [0.05, 0.1) is 31.8 Å². The Kier molecular flexibility index (Phi) is 7.29. The van der Waals surface area contributed by atoms with Gasteiger partial charge in [-0.15, -0.1) is 0 Å². The lowest BCUT2D eigenvalue weighted by Gasteiger charge is -2.71. The van der Waals surface area contributed by atoms with E-state index in [0.717, 1.165) is 45.3 Å². The Labute approximate surface area is 244 Å². The fraction of sp³-hybridized carbons (Fsp3) is 0.914. The van der Waals surface area contributed by atoms with Gasteiger partial charge in [0, 0.05) is 16.4 Å². The van der Waals surface area contributed by atoms with Crippen molar-refractivity contribution in [2.24, 2.45) is 68.3 Å². The van der Waals surface area contributed by atoms with E-state index in [4.69, 9.17) is 15.2 Å². The molecule has 5 heteroatoms. The molecule has 0 amide bonds. The fourth-order valence-electron chi connectivity index (χ4n) is 11.7. The zero-order chi connectivity index (χ0) is 29.7. The summed E-state index contributed by atoms with van der Waals surface area (Å²) in [5.74, 6) is 1.25. The monoisotopic (exact) mass is 557 g/mol. The van der Waals surface area contributed by atoms with E-state index in [1.54, 1.807) is 5.57 Å². The van der Waals surface area contributed by atoms with Crippen LogP contribution in [-0.2, 0) is 14.3 Å². The Hall–Kier alpha value is -0.910. The van der Waals surface area contributed by atoms with E-state index in [0.29, 0.717) is 36.2 Å². The molecule has 3 N–H and O–H groups in total. The first-order chi connectivity index (χ1) is 18.4. The van der Waals surface area contributed by atoms with E-state index in [1.165, 1.54) is 6.42 Å². The first-order valence-electron chi connectivity index (χ1n) is 16.3. The molecule has 5 rings (SSSR count). The van der Waals surface area contributed by atoms with Crippen molar-refractivity contribution < 1.29 is 19.4 Å². The smallest absolute Gasteiger partial charge is 0.307 e. The normalized spacial score (nSPS) is 49.4. The molecule has 1 heterocycles. The Morgan fingerprint density at radius 3 is 2.40 bits per heavy atom. The van der Waals surface area contributed by atoms with Gasteiger partial charge in [0.25, 0.3) is 0 Å². The molecule has 0 aromatic carbocycles. The summed E-state index contributed by atoms with van der Waals surface area (Å²) in [6.45, 7) is 24.9. The van der Waals surface area contributed by atoms with Gasteiger partial charge >= 0.3 is 5.97 Å². The molecule has 5 aliphatic rings. The highest BCUT2D eigenvalue weighted by molar-refractivity contribution is 5.73. The molecule has 40 heavy (non-hydrogen) atoms. The van der Waals surface area contributed by atoms with Gasteiger partial charge in [-0.3, -0.25) is 4.79 Å². The molecule has 1 aliphatic heterocycles. The molecule has 0 radical (unpaired) electrons. The molecule has 4 aliphatic carbocycles. The van der Waals surface area contributed by atoms with Gasteiger partial charge < -0.3 is 20.3 Å². The van der Waals surface area contributed by atoms with Gasteiger partial charge in [-0.25, -0.2) is 0 Å². The number of hydrogen-bond acceptors (Lipinski definition) is 4. The third kappa shape index (κ3) is 4.06. The molecular weight excluding hydrogens is 498 g/mol.